The summed E-state index contributed by atoms with van der Waals surface area (Å²) >= 11 is 0. The highest BCUT2D eigenvalue weighted by Gasteiger charge is 2.32. The van der Waals surface area contributed by atoms with Crippen LogP contribution in [0.1, 0.15) is 73.3 Å². The van der Waals surface area contributed by atoms with Gasteiger partial charge in [0, 0.05) is 6.42 Å². The van der Waals surface area contributed by atoms with Crippen molar-refractivity contribution in [3.8, 4) is 0 Å². The molecule has 0 saturated heterocycles. The van der Waals surface area contributed by atoms with Crippen molar-refractivity contribution in [3.05, 3.63) is 35.9 Å². The number of ether oxygens (including phenoxy) is 2. The van der Waals surface area contributed by atoms with Crippen LogP contribution in [0.5, 0.6) is 0 Å². The van der Waals surface area contributed by atoms with Crippen molar-refractivity contribution in [1.29, 1.82) is 0 Å². The van der Waals surface area contributed by atoms with E-state index in [4.69, 9.17) is 15.2 Å². The lowest BCUT2D eigenvalue weighted by Crippen LogP contribution is -2.58. The maximum atomic E-state index is 13.2. The molecule has 3 atom stereocenters. The van der Waals surface area contributed by atoms with Gasteiger partial charge in [0.2, 0.25) is 17.7 Å². The van der Waals surface area contributed by atoms with E-state index in [-0.39, 0.29) is 31.3 Å². The van der Waals surface area contributed by atoms with E-state index >= 15 is 0 Å². The third-order valence-corrected chi connectivity index (χ3v) is 5.50. The predicted molar refractivity (Wildman–Crippen MR) is 146 cm³/mol. The molecule has 0 radical (unpaired) electrons. The fraction of sp³-hybridized carbons (Fsp3) is 0.607. The molecule has 1 rings (SSSR count). The highest BCUT2D eigenvalue weighted by atomic mass is 16.6. The lowest BCUT2D eigenvalue weighted by atomic mass is 9.99. The molecular formula is C28H44N4O7. The number of primary amides is 1. The number of amides is 4. The van der Waals surface area contributed by atoms with Crippen LogP contribution in [0.2, 0.25) is 0 Å². The van der Waals surface area contributed by atoms with Gasteiger partial charge in [0.1, 0.15) is 30.3 Å². The standard InChI is InChI=1S/C28H44N4O7/c1-17(2)15-21(24(29)34)30-26(36)23(18(3)4)32-25(35)20(31-27(37)39-28(5,6)7)13-14-22(33)38-16-19-11-9-8-10-12-19/h8-12,17-18,20-21,23H,13-16H2,1-7H3,(H2,29,34)(H,30,36)(H,31,37)(H,32,35)/t20-,21-,23-/m0/s1. The van der Waals surface area contributed by atoms with Crippen molar-refractivity contribution in [2.75, 3.05) is 0 Å². The lowest BCUT2D eigenvalue weighted by molar-refractivity contribution is -0.145. The Kier molecular flexibility index (Phi) is 13.4. The highest BCUT2D eigenvalue weighted by molar-refractivity contribution is 5.93. The molecule has 0 saturated carbocycles. The summed E-state index contributed by atoms with van der Waals surface area (Å²) in [6.45, 7) is 12.3. The summed E-state index contributed by atoms with van der Waals surface area (Å²) in [5, 5.41) is 7.74. The summed E-state index contributed by atoms with van der Waals surface area (Å²) in [5.41, 5.74) is 5.44. The monoisotopic (exact) mass is 548 g/mol. The minimum absolute atomic E-state index is 0.0725. The van der Waals surface area contributed by atoms with Crippen LogP contribution in [-0.4, -0.2) is 53.5 Å². The molecule has 0 spiro atoms. The number of benzene rings is 1. The molecular weight excluding hydrogens is 504 g/mol. The molecule has 218 valence electrons. The molecule has 5 N–H and O–H groups in total. The van der Waals surface area contributed by atoms with Crippen molar-refractivity contribution in [3.63, 3.8) is 0 Å². The number of carbonyl (C=O) groups excluding carboxylic acids is 5. The summed E-state index contributed by atoms with van der Waals surface area (Å²) < 4.78 is 10.5. The van der Waals surface area contributed by atoms with Crippen molar-refractivity contribution in [1.82, 2.24) is 16.0 Å². The molecule has 0 fully saturated rings. The van der Waals surface area contributed by atoms with Gasteiger partial charge in [-0.3, -0.25) is 19.2 Å². The number of carbonyl (C=O) groups is 5. The van der Waals surface area contributed by atoms with E-state index in [1.165, 1.54) is 0 Å². The van der Waals surface area contributed by atoms with E-state index in [2.05, 4.69) is 16.0 Å². The van der Waals surface area contributed by atoms with Crippen molar-refractivity contribution >= 4 is 29.8 Å². The third-order valence-electron chi connectivity index (χ3n) is 5.50. The van der Waals surface area contributed by atoms with Crippen LogP contribution in [0.25, 0.3) is 0 Å². The second kappa shape index (κ2) is 15.7. The van der Waals surface area contributed by atoms with Crippen LogP contribution in [0.15, 0.2) is 30.3 Å². The van der Waals surface area contributed by atoms with Crippen molar-refractivity contribution in [2.24, 2.45) is 17.6 Å². The number of alkyl carbamates (subject to hydrolysis) is 1. The fourth-order valence-corrected chi connectivity index (χ4v) is 3.56. The molecule has 11 nitrogen and oxygen atoms in total. The Morgan fingerprint density at radius 2 is 1.49 bits per heavy atom. The molecule has 1 aromatic carbocycles. The third kappa shape index (κ3) is 13.6. The van der Waals surface area contributed by atoms with Crippen LogP contribution >= 0.6 is 0 Å². The van der Waals surface area contributed by atoms with Gasteiger partial charge in [0.25, 0.3) is 0 Å². The Bertz CT molecular complexity index is 974. The second-order valence-electron chi connectivity index (χ2n) is 11.2. The summed E-state index contributed by atoms with van der Waals surface area (Å²) in [4.78, 5) is 62.9. The Balaban J connectivity index is 2.95. The fourth-order valence-electron chi connectivity index (χ4n) is 3.56. The molecule has 0 bridgehead atoms. The average Bonchev–Trinajstić information content (AvgIpc) is 2.82. The number of hydrogen-bond acceptors (Lipinski definition) is 7. The molecule has 0 aliphatic rings. The zero-order valence-corrected chi connectivity index (χ0v) is 24.0. The first-order valence-electron chi connectivity index (χ1n) is 13.2. The van der Waals surface area contributed by atoms with E-state index in [0.29, 0.717) is 6.42 Å². The number of esters is 1. The van der Waals surface area contributed by atoms with Crippen molar-refractivity contribution in [2.45, 2.75) is 98.1 Å². The molecule has 0 aromatic heterocycles. The Labute approximate surface area is 230 Å². The van der Waals surface area contributed by atoms with Crippen LogP contribution in [0, 0.1) is 11.8 Å². The van der Waals surface area contributed by atoms with E-state index in [1.54, 1.807) is 34.6 Å². The highest BCUT2D eigenvalue weighted by Crippen LogP contribution is 2.11. The summed E-state index contributed by atoms with van der Waals surface area (Å²) in [7, 11) is 0. The summed E-state index contributed by atoms with van der Waals surface area (Å²) in [5.74, 6) is -2.77. The normalized spacial score (nSPS) is 13.7. The van der Waals surface area contributed by atoms with Gasteiger partial charge in [-0.15, -0.1) is 0 Å². The number of nitrogens with one attached hydrogen (secondary N) is 3. The van der Waals surface area contributed by atoms with Crippen LogP contribution in [-0.2, 0) is 35.3 Å². The van der Waals surface area contributed by atoms with E-state index in [9.17, 15) is 24.0 Å². The predicted octanol–water partition coefficient (Wildman–Crippen LogP) is 2.56. The van der Waals surface area contributed by atoms with E-state index in [1.807, 2.05) is 44.2 Å². The van der Waals surface area contributed by atoms with E-state index < -0.39 is 53.5 Å². The topological polar surface area (TPSA) is 166 Å². The maximum Gasteiger partial charge on any atom is 0.408 e. The maximum absolute atomic E-state index is 13.2. The van der Waals surface area contributed by atoms with Gasteiger partial charge in [0.15, 0.2) is 0 Å². The molecule has 0 aliphatic heterocycles. The van der Waals surface area contributed by atoms with Gasteiger partial charge in [-0.2, -0.15) is 0 Å². The van der Waals surface area contributed by atoms with Gasteiger partial charge in [-0.25, -0.2) is 4.79 Å². The first-order valence-corrected chi connectivity index (χ1v) is 13.2. The largest absolute Gasteiger partial charge is 0.461 e. The Hall–Kier alpha value is -3.63. The summed E-state index contributed by atoms with van der Waals surface area (Å²) in [6, 6.07) is 6.00. The molecule has 4 amide bonds. The number of nitrogens with two attached hydrogens (primary N) is 1. The Morgan fingerprint density at radius 3 is 2.00 bits per heavy atom. The minimum atomic E-state index is -1.19. The molecule has 0 aliphatic carbocycles. The van der Waals surface area contributed by atoms with Gasteiger partial charge < -0.3 is 31.2 Å². The van der Waals surface area contributed by atoms with Gasteiger partial charge >= 0.3 is 12.1 Å². The average molecular weight is 549 g/mol. The van der Waals surface area contributed by atoms with Crippen LogP contribution < -0.4 is 21.7 Å². The first kappa shape index (κ1) is 33.4. The Morgan fingerprint density at radius 1 is 0.872 bits per heavy atom. The van der Waals surface area contributed by atoms with Crippen LogP contribution in [0.4, 0.5) is 4.79 Å². The van der Waals surface area contributed by atoms with Gasteiger partial charge in [0.05, 0.1) is 0 Å². The SMILES string of the molecule is CC(C)C[C@H](NC(=O)[C@@H](NC(=O)[C@H](CCC(=O)OCc1ccccc1)NC(=O)OC(C)(C)C)C(C)C)C(N)=O. The number of hydrogen-bond donors (Lipinski definition) is 4. The number of rotatable bonds is 14. The molecule has 1 aromatic rings. The molecule has 39 heavy (non-hydrogen) atoms. The van der Waals surface area contributed by atoms with Crippen molar-refractivity contribution < 1.29 is 33.4 Å². The quantitative estimate of drug-likeness (QED) is 0.259. The van der Waals surface area contributed by atoms with E-state index in [0.717, 1.165) is 5.56 Å². The second-order valence-corrected chi connectivity index (χ2v) is 11.2. The zero-order chi connectivity index (χ0) is 29.8. The smallest absolute Gasteiger partial charge is 0.408 e. The van der Waals surface area contributed by atoms with Gasteiger partial charge in [-0.1, -0.05) is 58.0 Å². The van der Waals surface area contributed by atoms with Crippen LogP contribution in [0.3, 0.4) is 0 Å². The van der Waals surface area contributed by atoms with Gasteiger partial charge in [-0.05, 0) is 51.0 Å². The zero-order valence-electron chi connectivity index (χ0n) is 24.0. The lowest BCUT2D eigenvalue weighted by Gasteiger charge is -2.28. The molecule has 0 unspecified atom stereocenters. The summed E-state index contributed by atoms with van der Waals surface area (Å²) in [6.07, 6.45) is -0.773. The molecule has 0 heterocycles. The molecule has 11 heteroatoms. The minimum Gasteiger partial charge on any atom is -0.461 e. The first-order chi connectivity index (χ1) is 18.1.